The number of carbonyl (C=O) groups is 1. The summed E-state index contributed by atoms with van der Waals surface area (Å²) < 4.78 is 1.04. The van der Waals surface area contributed by atoms with Crippen LogP contribution in [0.3, 0.4) is 0 Å². The number of carbonyl (C=O) groups excluding carboxylic acids is 1. The maximum absolute atomic E-state index is 13.1. The highest BCUT2D eigenvalue weighted by atomic mass is 79.9. The summed E-state index contributed by atoms with van der Waals surface area (Å²) in [6, 6.07) is 12.3. The number of hydrogen-bond donors (Lipinski definition) is 1. The van der Waals surface area contributed by atoms with Gasteiger partial charge < -0.3 is 5.32 Å². The van der Waals surface area contributed by atoms with E-state index >= 15 is 0 Å². The highest BCUT2D eigenvalue weighted by molar-refractivity contribution is 9.10. The van der Waals surface area contributed by atoms with E-state index in [-0.39, 0.29) is 11.9 Å². The van der Waals surface area contributed by atoms with Crippen LogP contribution in [0.15, 0.2) is 40.9 Å². The molecule has 136 valence electrons. The smallest absolute Gasteiger partial charge is 0.252 e. The molecule has 6 rings (SSSR count). The van der Waals surface area contributed by atoms with Crippen molar-refractivity contribution in [1.82, 2.24) is 5.32 Å². The van der Waals surface area contributed by atoms with Crippen LogP contribution in [0.5, 0.6) is 0 Å². The molecule has 1 N–H and O–H groups in total. The summed E-state index contributed by atoms with van der Waals surface area (Å²) in [5, 5.41) is 5.54. The number of amides is 1. The lowest BCUT2D eigenvalue weighted by molar-refractivity contribution is -0.0687. The van der Waals surface area contributed by atoms with E-state index in [4.69, 9.17) is 0 Å². The lowest BCUT2D eigenvalue weighted by Crippen LogP contribution is -2.55. The van der Waals surface area contributed by atoms with Crippen LogP contribution < -0.4 is 5.32 Å². The molecule has 3 heteroatoms. The van der Waals surface area contributed by atoms with Crippen molar-refractivity contribution in [1.29, 1.82) is 0 Å². The van der Waals surface area contributed by atoms with Gasteiger partial charge in [-0.05, 0) is 91.5 Å². The average Bonchev–Trinajstić information content (AvgIpc) is 2.60. The van der Waals surface area contributed by atoms with Gasteiger partial charge >= 0.3 is 0 Å². The van der Waals surface area contributed by atoms with Gasteiger partial charge in [-0.15, -0.1) is 0 Å². The van der Waals surface area contributed by atoms with Crippen LogP contribution in [0.4, 0.5) is 0 Å². The molecule has 0 radical (unpaired) electrons. The summed E-state index contributed by atoms with van der Waals surface area (Å²) in [5.41, 5.74) is 1.13. The Morgan fingerprint density at radius 2 is 1.58 bits per heavy atom. The quantitative estimate of drug-likeness (QED) is 0.665. The van der Waals surface area contributed by atoms with Crippen molar-refractivity contribution < 1.29 is 4.79 Å². The minimum atomic E-state index is 0.0805. The van der Waals surface area contributed by atoms with Crippen molar-refractivity contribution in [3.63, 3.8) is 0 Å². The first-order valence-electron chi connectivity index (χ1n) is 10.0. The molecule has 2 nitrogen and oxygen atoms in total. The van der Waals surface area contributed by atoms with Crippen LogP contribution in [0.25, 0.3) is 10.8 Å². The van der Waals surface area contributed by atoms with E-state index < -0.39 is 0 Å². The Balaban J connectivity index is 1.42. The van der Waals surface area contributed by atoms with Crippen LogP contribution in [0.1, 0.15) is 55.8 Å². The molecule has 0 heterocycles. The lowest BCUT2D eigenvalue weighted by Gasteiger charge is -2.59. The Labute approximate surface area is 163 Å². The predicted molar refractivity (Wildman–Crippen MR) is 109 cm³/mol. The number of benzene rings is 2. The third-order valence-electron chi connectivity index (χ3n) is 7.47. The van der Waals surface area contributed by atoms with E-state index in [1.54, 1.807) is 0 Å². The molecule has 4 aliphatic rings. The summed E-state index contributed by atoms with van der Waals surface area (Å²) >= 11 is 3.61. The number of nitrogens with one attached hydrogen (secondary N) is 1. The molecule has 4 bridgehead atoms. The molecule has 0 aliphatic heterocycles. The van der Waals surface area contributed by atoms with Crippen molar-refractivity contribution in [3.05, 3.63) is 46.4 Å². The second kappa shape index (κ2) is 6.09. The van der Waals surface area contributed by atoms with Gasteiger partial charge in [0.2, 0.25) is 0 Å². The van der Waals surface area contributed by atoms with Gasteiger partial charge in [0, 0.05) is 16.1 Å². The molecule has 0 saturated heterocycles. The van der Waals surface area contributed by atoms with E-state index in [0.29, 0.717) is 5.41 Å². The highest BCUT2D eigenvalue weighted by Gasteiger charge is 2.53. The number of halogens is 1. The first-order valence-corrected chi connectivity index (χ1v) is 10.8. The lowest BCUT2D eigenvalue weighted by atomic mass is 9.48. The second-order valence-corrected chi connectivity index (χ2v) is 9.97. The molecule has 2 aromatic rings. The van der Waals surface area contributed by atoms with E-state index in [1.165, 1.54) is 38.5 Å². The number of rotatable bonds is 3. The fourth-order valence-electron chi connectivity index (χ4n) is 6.61. The summed E-state index contributed by atoms with van der Waals surface area (Å²) in [7, 11) is 0. The monoisotopic (exact) mass is 411 g/mol. The van der Waals surface area contributed by atoms with Crippen molar-refractivity contribution in [2.24, 2.45) is 23.2 Å². The fraction of sp³-hybridized carbons (Fsp3) is 0.522. The Morgan fingerprint density at radius 3 is 2.23 bits per heavy atom. The van der Waals surface area contributed by atoms with E-state index in [2.05, 4.69) is 34.2 Å². The van der Waals surface area contributed by atoms with Crippen molar-refractivity contribution in [3.8, 4) is 0 Å². The van der Waals surface area contributed by atoms with Gasteiger partial charge in [0.25, 0.3) is 5.91 Å². The number of hydrogen-bond acceptors (Lipinski definition) is 1. The van der Waals surface area contributed by atoms with E-state index in [9.17, 15) is 4.79 Å². The minimum absolute atomic E-state index is 0.0805. The predicted octanol–water partition coefficient (Wildman–Crippen LogP) is 5.94. The molecule has 4 saturated carbocycles. The van der Waals surface area contributed by atoms with Crippen LogP contribution in [-0.4, -0.2) is 11.9 Å². The maximum Gasteiger partial charge on any atom is 0.252 e. The van der Waals surface area contributed by atoms with Gasteiger partial charge in [0.05, 0.1) is 0 Å². The van der Waals surface area contributed by atoms with Crippen LogP contribution in [-0.2, 0) is 0 Å². The normalized spacial score (nSPS) is 33.4. The maximum atomic E-state index is 13.1. The molecule has 1 atom stereocenters. The molecule has 0 spiro atoms. The SMILES string of the molecule is CC(NC(=O)c1cccc2c(Br)cccc12)C12CC3CC(CC(C3)C1)C2. The summed E-state index contributed by atoms with van der Waals surface area (Å²) in [5.74, 6) is 2.81. The second-order valence-electron chi connectivity index (χ2n) is 9.12. The molecule has 26 heavy (non-hydrogen) atoms. The van der Waals surface area contributed by atoms with E-state index in [1.807, 2.05) is 30.3 Å². The van der Waals surface area contributed by atoms with Gasteiger partial charge in [-0.1, -0.05) is 40.2 Å². The van der Waals surface area contributed by atoms with Crippen LogP contribution in [0.2, 0.25) is 0 Å². The standard InChI is InChI=1S/C23H26BrNO/c1-14(23-11-15-8-16(12-23)10-17(9-15)13-23)25-22(26)20-6-2-5-19-18(20)4-3-7-21(19)24/h2-7,14-17H,8-13H2,1H3,(H,25,26). The molecular formula is C23H26BrNO. The summed E-state index contributed by atoms with van der Waals surface area (Å²) in [4.78, 5) is 13.1. The topological polar surface area (TPSA) is 29.1 Å². The molecule has 4 fully saturated rings. The van der Waals surface area contributed by atoms with Crippen LogP contribution >= 0.6 is 15.9 Å². The average molecular weight is 412 g/mol. The largest absolute Gasteiger partial charge is 0.349 e. The number of fused-ring (bicyclic) bond motifs is 1. The van der Waals surface area contributed by atoms with E-state index in [0.717, 1.165) is 38.6 Å². The molecule has 1 amide bonds. The van der Waals surface area contributed by atoms with Crippen LogP contribution in [0, 0.1) is 23.2 Å². The third-order valence-corrected chi connectivity index (χ3v) is 8.16. The molecular weight excluding hydrogens is 386 g/mol. The molecule has 1 unspecified atom stereocenters. The Bertz CT molecular complexity index is 838. The van der Waals surface area contributed by atoms with Crippen molar-refractivity contribution in [2.75, 3.05) is 0 Å². The van der Waals surface area contributed by atoms with Crippen molar-refractivity contribution >= 4 is 32.6 Å². The summed E-state index contributed by atoms with van der Waals surface area (Å²) in [6.45, 7) is 2.26. The van der Waals surface area contributed by atoms with Crippen molar-refractivity contribution in [2.45, 2.75) is 51.5 Å². The minimum Gasteiger partial charge on any atom is -0.349 e. The third kappa shape index (κ3) is 2.62. The molecule has 2 aromatic carbocycles. The Morgan fingerprint density at radius 1 is 1.00 bits per heavy atom. The van der Waals surface area contributed by atoms with Gasteiger partial charge in [0.15, 0.2) is 0 Å². The molecule has 0 aromatic heterocycles. The zero-order chi connectivity index (χ0) is 17.9. The first kappa shape index (κ1) is 16.8. The van der Waals surface area contributed by atoms with Gasteiger partial charge in [-0.2, -0.15) is 0 Å². The van der Waals surface area contributed by atoms with Gasteiger partial charge in [0.1, 0.15) is 0 Å². The fourth-order valence-corrected chi connectivity index (χ4v) is 7.10. The zero-order valence-electron chi connectivity index (χ0n) is 15.3. The first-order chi connectivity index (χ1) is 12.5. The summed E-state index contributed by atoms with van der Waals surface area (Å²) in [6.07, 6.45) is 8.29. The molecule has 4 aliphatic carbocycles. The Hall–Kier alpha value is -1.35. The van der Waals surface area contributed by atoms with Gasteiger partial charge in [-0.25, -0.2) is 0 Å². The highest BCUT2D eigenvalue weighted by Crippen LogP contribution is 2.61. The van der Waals surface area contributed by atoms with Gasteiger partial charge in [-0.3, -0.25) is 4.79 Å². The Kier molecular flexibility index (Phi) is 3.93. The zero-order valence-corrected chi connectivity index (χ0v) is 16.9.